The van der Waals surface area contributed by atoms with Gasteiger partial charge in [-0.3, -0.25) is 4.68 Å². The third kappa shape index (κ3) is 2.49. The molecule has 4 rings (SSSR count). The van der Waals surface area contributed by atoms with Crippen molar-refractivity contribution in [1.29, 1.82) is 5.26 Å². The molecule has 4 aromatic rings. The summed E-state index contributed by atoms with van der Waals surface area (Å²) in [6.07, 6.45) is 2.57. The fraction of sp³-hybridized carbons (Fsp3) is 0.0500. The quantitative estimate of drug-likeness (QED) is 0.325. The van der Waals surface area contributed by atoms with Crippen LogP contribution in [-0.4, -0.2) is 30.9 Å². The number of nitriles is 1. The number of oxime groups is 1. The van der Waals surface area contributed by atoms with Gasteiger partial charge >= 0.3 is 0 Å². The molecule has 0 radical (unpaired) electrons. The SMILES string of the molecule is Cn1ncc(C#N)c1-c1c(/C=N\O)c2c(F)cccc2n1-c1ccc(O)cc1. The standard InChI is InChI=1S/C20H14FN5O2/c1-25-19(12(9-22)10-23-25)20-15(11-24-28)18-16(21)3-2-4-17(18)26(20)13-5-7-14(27)8-6-13/h2-8,10-11,27-28H,1H3/b24-11-. The summed E-state index contributed by atoms with van der Waals surface area (Å²) in [5, 5.41) is 35.9. The molecular formula is C20H14FN5O2. The molecule has 0 fully saturated rings. The number of benzene rings is 2. The Morgan fingerprint density at radius 3 is 2.61 bits per heavy atom. The zero-order chi connectivity index (χ0) is 19.8. The summed E-state index contributed by atoms with van der Waals surface area (Å²) < 4.78 is 18.0. The number of phenolic OH excluding ortho intramolecular Hbond substituents is 1. The fourth-order valence-electron chi connectivity index (χ4n) is 3.41. The van der Waals surface area contributed by atoms with Crippen LogP contribution in [0.4, 0.5) is 4.39 Å². The molecule has 0 unspecified atom stereocenters. The molecule has 2 heterocycles. The van der Waals surface area contributed by atoms with Gasteiger partial charge in [-0.05, 0) is 36.4 Å². The van der Waals surface area contributed by atoms with E-state index in [1.165, 1.54) is 29.1 Å². The van der Waals surface area contributed by atoms with E-state index in [1.807, 2.05) is 0 Å². The van der Waals surface area contributed by atoms with Crippen molar-refractivity contribution in [3.8, 4) is 28.9 Å². The average molecular weight is 375 g/mol. The lowest BCUT2D eigenvalue weighted by atomic mass is 10.1. The Kier molecular flexibility index (Phi) is 4.05. The molecule has 0 atom stereocenters. The van der Waals surface area contributed by atoms with Crippen LogP contribution < -0.4 is 0 Å². The summed E-state index contributed by atoms with van der Waals surface area (Å²) in [6, 6.07) is 13.1. The van der Waals surface area contributed by atoms with Gasteiger partial charge in [0.25, 0.3) is 0 Å². The summed E-state index contributed by atoms with van der Waals surface area (Å²) in [6.45, 7) is 0. The molecule has 0 amide bonds. The van der Waals surface area contributed by atoms with Gasteiger partial charge in [0, 0.05) is 23.7 Å². The van der Waals surface area contributed by atoms with E-state index in [0.29, 0.717) is 33.7 Å². The van der Waals surface area contributed by atoms with Crippen molar-refractivity contribution in [2.45, 2.75) is 0 Å². The number of hydrogen-bond acceptors (Lipinski definition) is 5. The molecule has 8 heteroatoms. The lowest BCUT2D eigenvalue weighted by Gasteiger charge is -2.12. The van der Waals surface area contributed by atoms with E-state index in [4.69, 9.17) is 0 Å². The van der Waals surface area contributed by atoms with Crippen molar-refractivity contribution in [3.63, 3.8) is 0 Å². The van der Waals surface area contributed by atoms with Crippen LogP contribution >= 0.6 is 0 Å². The van der Waals surface area contributed by atoms with Crippen LogP contribution in [0.2, 0.25) is 0 Å². The minimum atomic E-state index is -0.494. The summed E-state index contributed by atoms with van der Waals surface area (Å²) in [7, 11) is 1.67. The smallest absolute Gasteiger partial charge is 0.133 e. The molecule has 0 saturated heterocycles. The second-order valence-corrected chi connectivity index (χ2v) is 6.13. The molecule has 28 heavy (non-hydrogen) atoms. The maximum absolute atomic E-state index is 14.8. The number of fused-ring (bicyclic) bond motifs is 1. The largest absolute Gasteiger partial charge is 0.508 e. The van der Waals surface area contributed by atoms with E-state index in [-0.39, 0.29) is 11.1 Å². The molecule has 0 aliphatic rings. The highest BCUT2D eigenvalue weighted by molar-refractivity contribution is 6.07. The number of nitrogens with zero attached hydrogens (tertiary/aromatic N) is 5. The minimum absolute atomic E-state index is 0.0864. The van der Waals surface area contributed by atoms with Crippen molar-refractivity contribution in [3.05, 3.63) is 65.6 Å². The van der Waals surface area contributed by atoms with Gasteiger partial charge in [0.1, 0.15) is 23.3 Å². The van der Waals surface area contributed by atoms with Crippen molar-refractivity contribution in [2.24, 2.45) is 12.2 Å². The maximum Gasteiger partial charge on any atom is 0.133 e. The first kappa shape index (κ1) is 17.3. The molecule has 138 valence electrons. The molecule has 0 saturated carbocycles. The zero-order valence-corrected chi connectivity index (χ0v) is 14.7. The summed E-state index contributed by atoms with van der Waals surface area (Å²) >= 11 is 0. The molecule has 2 N–H and O–H groups in total. The molecule has 0 aliphatic carbocycles. The highest BCUT2D eigenvalue weighted by Gasteiger charge is 2.25. The molecule has 7 nitrogen and oxygen atoms in total. The predicted molar refractivity (Wildman–Crippen MR) is 101 cm³/mol. The molecular weight excluding hydrogens is 361 g/mol. The van der Waals surface area contributed by atoms with Gasteiger partial charge in [0.15, 0.2) is 0 Å². The number of aromatic nitrogens is 3. The fourth-order valence-corrected chi connectivity index (χ4v) is 3.41. The lowest BCUT2D eigenvalue weighted by Crippen LogP contribution is -2.04. The Labute approximate surface area is 158 Å². The van der Waals surface area contributed by atoms with E-state index in [0.717, 1.165) is 6.21 Å². The van der Waals surface area contributed by atoms with Gasteiger partial charge < -0.3 is 14.9 Å². The van der Waals surface area contributed by atoms with Crippen molar-refractivity contribution >= 4 is 17.1 Å². The Hall–Kier alpha value is -4.12. The second-order valence-electron chi connectivity index (χ2n) is 6.13. The van der Waals surface area contributed by atoms with Gasteiger partial charge in [-0.2, -0.15) is 10.4 Å². The average Bonchev–Trinajstić information content (AvgIpc) is 3.21. The van der Waals surface area contributed by atoms with Gasteiger partial charge in [-0.25, -0.2) is 4.39 Å². The number of aryl methyl sites for hydroxylation is 1. The Morgan fingerprint density at radius 1 is 1.18 bits per heavy atom. The summed E-state index contributed by atoms with van der Waals surface area (Å²) in [5.41, 5.74) is 2.63. The third-order valence-corrected chi connectivity index (χ3v) is 4.56. The van der Waals surface area contributed by atoms with E-state index in [9.17, 15) is 20.0 Å². The number of hydrogen-bond donors (Lipinski definition) is 2. The van der Waals surface area contributed by atoms with Crippen molar-refractivity contribution in [1.82, 2.24) is 14.3 Å². The first-order chi connectivity index (χ1) is 13.6. The second kappa shape index (κ2) is 6.55. The van der Waals surface area contributed by atoms with Crippen molar-refractivity contribution < 1.29 is 14.7 Å². The third-order valence-electron chi connectivity index (χ3n) is 4.56. The highest BCUT2D eigenvalue weighted by atomic mass is 19.1. The number of rotatable bonds is 3. The van der Waals surface area contributed by atoms with Crippen LogP contribution in [-0.2, 0) is 7.05 Å². The van der Waals surface area contributed by atoms with Crippen LogP contribution in [0.25, 0.3) is 28.0 Å². The van der Waals surface area contributed by atoms with E-state index in [1.54, 1.807) is 35.9 Å². The monoisotopic (exact) mass is 375 g/mol. The molecule has 2 aromatic carbocycles. The van der Waals surface area contributed by atoms with Crippen LogP contribution in [0.15, 0.2) is 53.8 Å². The first-order valence-electron chi connectivity index (χ1n) is 8.29. The van der Waals surface area contributed by atoms with Crippen LogP contribution in [0, 0.1) is 17.1 Å². The van der Waals surface area contributed by atoms with E-state index < -0.39 is 5.82 Å². The van der Waals surface area contributed by atoms with Crippen molar-refractivity contribution in [2.75, 3.05) is 0 Å². The molecule has 0 bridgehead atoms. The van der Waals surface area contributed by atoms with Gasteiger partial charge in [0.05, 0.1) is 29.2 Å². The topological polar surface area (TPSA) is 99.4 Å². The Bertz CT molecular complexity index is 1260. The number of halogens is 1. The van der Waals surface area contributed by atoms with Gasteiger partial charge in [0.2, 0.25) is 0 Å². The van der Waals surface area contributed by atoms with E-state index >= 15 is 0 Å². The minimum Gasteiger partial charge on any atom is -0.508 e. The molecule has 2 aromatic heterocycles. The molecule has 0 spiro atoms. The van der Waals surface area contributed by atoms with Crippen LogP contribution in [0.1, 0.15) is 11.1 Å². The Morgan fingerprint density at radius 2 is 1.93 bits per heavy atom. The first-order valence-corrected chi connectivity index (χ1v) is 8.29. The van der Waals surface area contributed by atoms with Crippen LogP contribution in [0.3, 0.4) is 0 Å². The highest BCUT2D eigenvalue weighted by Crippen LogP contribution is 2.38. The molecule has 0 aliphatic heterocycles. The van der Waals surface area contributed by atoms with Crippen LogP contribution in [0.5, 0.6) is 5.75 Å². The maximum atomic E-state index is 14.8. The van der Waals surface area contributed by atoms with Gasteiger partial charge in [-0.1, -0.05) is 11.2 Å². The normalized spacial score (nSPS) is 11.3. The number of aromatic hydroxyl groups is 1. The van der Waals surface area contributed by atoms with E-state index in [2.05, 4.69) is 16.3 Å². The summed E-state index contributed by atoms with van der Waals surface area (Å²) in [5.74, 6) is -0.407. The predicted octanol–water partition coefficient (Wildman–Crippen LogP) is 3.56. The Balaban J connectivity index is 2.24. The lowest BCUT2D eigenvalue weighted by molar-refractivity contribution is 0.322. The number of phenols is 1. The summed E-state index contributed by atoms with van der Waals surface area (Å²) in [4.78, 5) is 0. The van der Waals surface area contributed by atoms with Gasteiger partial charge in [-0.15, -0.1) is 0 Å². The zero-order valence-electron chi connectivity index (χ0n) is 14.7.